The van der Waals surface area contributed by atoms with E-state index in [2.05, 4.69) is 50.5 Å². The first kappa shape index (κ1) is 14.7. The Balaban J connectivity index is 2.08. The summed E-state index contributed by atoms with van der Waals surface area (Å²) in [7, 11) is 0. The van der Waals surface area contributed by atoms with E-state index in [1.807, 2.05) is 22.7 Å². The Morgan fingerprint density at radius 2 is 2.11 bits per heavy atom. The zero-order valence-corrected chi connectivity index (χ0v) is 13.8. The van der Waals surface area contributed by atoms with Crippen LogP contribution in [0.4, 0.5) is 0 Å². The summed E-state index contributed by atoms with van der Waals surface area (Å²) in [5.41, 5.74) is 1.41. The van der Waals surface area contributed by atoms with Crippen molar-refractivity contribution in [1.29, 1.82) is 0 Å². The van der Waals surface area contributed by atoms with Gasteiger partial charge in [-0.1, -0.05) is 13.0 Å². The molecular weight excluding hydrogens is 272 g/mol. The monoisotopic (exact) mass is 294 g/mol. The van der Waals surface area contributed by atoms with E-state index in [4.69, 9.17) is 4.98 Å². The lowest BCUT2D eigenvalue weighted by atomic mass is 10.1. The van der Waals surface area contributed by atoms with E-state index in [-0.39, 0.29) is 5.54 Å². The predicted molar refractivity (Wildman–Crippen MR) is 85.2 cm³/mol. The third-order valence-corrected chi connectivity index (χ3v) is 4.82. The average Bonchev–Trinajstić information content (AvgIpc) is 2.95. The highest BCUT2D eigenvalue weighted by Gasteiger charge is 2.14. The first-order valence-electron chi connectivity index (χ1n) is 6.73. The second-order valence-electron chi connectivity index (χ2n) is 5.69. The van der Waals surface area contributed by atoms with Gasteiger partial charge in [0.2, 0.25) is 0 Å². The minimum absolute atomic E-state index is 0.156. The summed E-state index contributed by atoms with van der Waals surface area (Å²) < 4.78 is 0. The van der Waals surface area contributed by atoms with Crippen LogP contribution in [-0.4, -0.2) is 10.5 Å². The van der Waals surface area contributed by atoms with Gasteiger partial charge in [-0.05, 0) is 38.6 Å². The van der Waals surface area contributed by atoms with Gasteiger partial charge in [-0.2, -0.15) is 0 Å². The van der Waals surface area contributed by atoms with Crippen molar-refractivity contribution in [2.75, 3.05) is 0 Å². The number of hydrogen-bond donors (Lipinski definition) is 1. The lowest BCUT2D eigenvalue weighted by molar-refractivity contribution is 0.425. The molecule has 0 saturated heterocycles. The quantitative estimate of drug-likeness (QED) is 0.892. The van der Waals surface area contributed by atoms with Crippen molar-refractivity contribution in [3.05, 3.63) is 38.0 Å². The van der Waals surface area contributed by atoms with Crippen molar-refractivity contribution in [2.24, 2.45) is 0 Å². The largest absolute Gasteiger partial charge is 0.307 e. The average molecular weight is 294 g/mol. The molecule has 0 atom stereocenters. The highest BCUT2D eigenvalue weighted by Crippen LogP contribution is 2.24. The molecule has 2 nitrogen and oxygen atoms in total. The molecule has 0 aliphatic carbocycles. The summed E-state index contributed by atoms with van der Waals surface area (Å²) in [5, 5.41) is 6.93. The zero-order chi connectivity index (χ0) is 13.9. The van der Waals surface area contributed by atoms with E-state index in [0.29, 0.717) is 0 Å². The molecule has 0 fully saturated rings. The molecule has 2 aromatic heterocycles. The Kier molecular flexibility index (Phi) is 4.76. The van der Waals surface area contributed by atoms with Crippen LogP contribution in [0.25, 0.3) is 0 Å². The van der Waals surface area contributed by atoms with Crippen LogP contribution in [0.5, 0.6) is 0 Å². The van der Waals surface area contributed by atoms with Gasteiger partial charge in [-0.25, -0.2) is 4.98 Å². The molecule has 1 N–H and O–H groups in total. The molecule has 0 aromatic carbocycles. The molecular formula is C15H22N2S2. The van der Waals surface area contributed by atoms with Crippen LogP contribution >= 0.6 is 22.7 Å². The van der Waals surface area contributed by atoms with Gasteiger partial charge in [0, 0.05) is 28.3 Å². The molecule has 19 heavy (non-hydrogen) atoms. The molecule has 2 aromatic rings. The van der Waals surface area contributed by atoms with Crippen LogP contribution in [0.15, 0.2) is 17.5 Å². The van der Waals surface area contributed by atoms with Gasteiger partial charge in [0.1, 0.15) is 0 Å². The van der Waals surface area contributed by atoms with Crippen LogP contribution in [-0.2, 0) is 19.4 Å². The van der Waals surface area contributed by atoms with Crippen LogP contribution in [0.3, 0.4) is 0 Å². The Bertz CT molecular complexity index is 507. The van der Waals surface area contributed by atoms with E-state index in [1.165, 1.54) is 20.5 Å². The van der Waals surface area contributed by atoms with Gasteiger partial charge >= 0.3 is 0 Å². The van der Waals surface area contributed by atoms with E-state index in [0.717, 1.165) is 19.4 Å². The summed E-state index contributed by atoms with van der Waals surface area (Å²) in [6.45, 7) is 9.71. The molecule has 0 radical (unpaired) electrons. The summed E-state index contributed by atoms with van der Waals surface area (Å²) in [5.74, 6) is 0. The number of rotatable bonds is 5. The molecule has 2 rings (SSSR count). The highest BCUT2D eigenvalue weighted by atomic mass is 32.1. The molecule has 0 aliphatic rings. The highest BCUT2D eigenvalue weighted by molar-refractivity contribution is 7.12. The van der Waals surface area contributed by atoms with Crippen LogP contribution in [0, 0.1) is 0 Å². The number of hydrogen-bond acceptors (Lipinski definition) is 4. The van der Waals surface area contributed by atoms with Crippen molar-refractivity contribution in [1.82, 2.24) is 10.3 Å². The molecule has 0 spiro atoms. The SMILES string of the molecule is CCc1nc(Cc2cccs2)sc1CNC(C)(C)C. The topological polar surface area (TPSA) is 24.9 Å². The number of nitrogens with one attached hydrogen (secondary N) is 1. The molecule has 0 saturated carbocycles. The van der Waals surface area contributed by atoms with Gasteiger partial charge in [0.05, 0.1) is 10.7 Å². The summed E-state index contributed by atoms with van der Waals surface area (Å²) in [6.07, 6.45) is 1.99. The van der Waals surface area contributed by atoms with Crippen LogP contribution in [0.2, 0.25) is 0 Å². The van der Waals surface area contributed by atoms with E-state index in [1.54, 1.807) is 0 Å². The number of thiophene rings is 1. The second kappa shape index (κ2) is 6.16. The van der Waals surface area contributed by atoms with Crippen molar-refractivity contribution >= 4 is 22.7 Å². The maximum absolute atomic E-state index is 4.79. The Labute approximate surface area is 123 Å². The van der Waals surface area contributed by atoms with Gasteiger partial charge in [0.15, 0.2) is 0 Å². The van der Waals surface area contributed by atoms with Gasteiger partial charge in [-0.3, -0.25) is 0 Å². The van der Waals surface area contributed by atoms with E-state index >= 15 is 0 Å². The molecule has 4 heteroatoms. The van der Waals surface area contributed by atoms with Crippen LogP contribution in [0.1, 0.15) is 48.2 Å². The standard InChI is InChI=1S/C15H22N2S2/c1-5-12-13(10-16-15(2,3)4)19-14(17-12)9-11-7-6-8-18-11/h6-8,16H,5,9-10H2,1-4H3. The normalized spacial score (nSPS) is 12.0. The first-order valence-corrected chi connectivity index (χ1v) is 8.42. The van der Waals surface area contributed by atoms with Crippen LogP contribution < -0.4 is 5.32 Å². The van der Waals surface area contributed by atoms with Gasteiger partial charge in [0.25, 0.3) is 0 Å². The van der Waals surface area contributed by atoms with Crippen molar-refractivity contribution in [3.63, 3.8) is 0 Å². The van der Waals surface area contributed by atoms with Gasteiger partial charge < -0.3 is 5.32 Å². The fourth-order valence-electron chi connectivity index (χ4n) is 1.83. The zero-order valence-electron chi connectivity index (χ0n) is 12.1. The Morgan fingerprint density at radius 3 is 2.68 bits per heavy atom. The summed E-state index contributed by atoms with van der Waals surface area (Å²) in [4.78, 5) is 7.58. The minimum atomic E-state index is 0.156. The summed E-state index contributed by atoms with van der Waals surface area (Å²) in [6, 6.07) is 4.29. The van der Waals surface area contributed by atoms with Crippen molar-refractivity contribution in [3.8, 4) is 0 Å². The van der Waals surface area contributed by atoms with Crippen molar-refractivity contribution < 1.29 is 0 Å². The number of aromatic nitrogens is 1. The molecule has 0 amide bonds. The Hall–Kier alpha value is -0.710. The van der Waals surface area contributed by atoms with E-state index < -0.39 is 0 Å². The number of nitrogens with zero attached hydrogens (tertiary/aromatic N) is 1. The summed E-state index contributed by atoms with van der Waals surface area (Å²) >= 11 is 3.67. The molecule has 0 aliphatic heterocycles. The third kappa shape index (κ3) is 4.41. The molecule has 104 valence electrons. The third-order valence-electron chi connectivity index (χ3n) is 2.84. The number of thiazole rings is 1. The first-order chi connectivity index (χ1) is 8.98. The maximum Gasteiger partial charge on any atom is 0.0983 e. The molecule has 0 unspecified atom stereocenters. The fourth-order valence-corrected chi connectivity index (χ4v) is 3.75. The molecule has 2 heterocycles. The molecule has 0 bridgehead atoms. The minimum Gasteiger partial charge on any atom is -0.307 e. The fraction of sp³-hybridized carbons (Fsp3) is 0.533. The number of aryl methyl sites for hydroxylation is 1. The maximum atomic E-state index is 4.79. The second-order valence-corrected chi connectivity index (χ2v) is 7.89. The lowest BCUT2D eigenvalue weighted by Crippen LogP contribution is -2.35. The van der Waals surface area contributed by atoms with E-state index in [9.17, 15) is 0 Å². The van der Waals surface area contributed by atoms with Crippen molar-refractivity contribution in [2.45, 2.75) is 52.6 Å². The Morgan fingerprint density at radius 1 is 1.32 bits per heavy atom. The smallest absolute Gasteiger partial charge is 0.0983 e. The lowest BCUT2D eigenvalue weighted by Gasteiger charge is -2.20. The predicted octanol–water partition coefficient (Wildman–Crippen LogP) is 4.25. The van der Waals surface area contributed by atoms with Gasteiger partial charge in [-0.15, -0.1) is 22.7 Å².